The fraction of sp³-hybridized carbons (Fsp3) is 0.533. The number of piperidine rings is 1. The summed E-state index contributed by atoms with van der Waals surface area (Å²) in [6.07, 6.45) is 2.08. The Morgan fingerprint density at radius 1 is 1.23 bits per heavy atom. The first-order valence-corrected chi connectivity index (χ1v) is 8.91. The number of sulfonamides is 1. The lowest BCUT2D eigenvalue weighted by molar-refractivity contribution is 0.101. The van der Waals surface area contributed by atoms with Gasteiger partial charge in [0.1, 0.15) is 11.6 Å². The molecule has 1 heterocycles. The lowest BCUT2D eigenvalue weighted by Gasteiger charge is -2.30. The number of rotatable bonds is 6. The Bertz CT molecular complexity index is 607. The first-order valence-electron chi connectivity index (χ1n) is 7.30. The molecule has 122 valence electrons. The highest BCUT2D eigenvalue weighted by Crippen LogP contribution is 2.22. The number of ketones is 1. The Balaban J connectivity index is 1.96. The Morgan fingerprint density at radius 3 is 2.36 bits per heavy atom. The van der Waals surface area contributed by atoms with Crippen LogP contribution in [0.25, 0.3) is 0 Å². The predicted molar refractivity (Wildman–Crippen MR) is 80.5 cm³/mol. The number of benzene rings is 1. The summed E-state index contributed by atoms with van der Waals surface area (Å²) in [5, 5.41) is 8.91. The number of hydrogen-bond donors (Lipinski definition) is 1. The van der Waals surface area contributed by atoms with Crippen LogP contribution in [0.1, 0.15) is 29.6 Å². The van der Waals surface area contributed by atoms with Gasteiger partial charge in [0.2, 0.25) is 10.0 Å². The molecule has 0 unspecified atom stereocenters. The molecule has 0 atom stereocenters. The van der Waals surface area contributed by atoms with Crippen LogP contribution < -0.4 is 0 Å². The van der Waals surface area contributed by atoms with E-state index in [2.05, 4.69) is 0 Å². The van der Waals surface area contributed by atoms with Crippen molar-refractivity contribution < 1.29 is 22.7 Å². The fourth-order valence-electron chi connectivity index (χ4n) is 2.63. The average molecular weight is 329 g/mol. The molecule has 1 aliphatic heterocycles. The van der Waals surface area contributed by atoms with E-state index in [0.29, 0.717) is 38.3 Å². The van der Waals surface area contributed by atoms with Crippen molar-refractivity contribution in [1.29, 1.82) is 0 Å². The molecule has 5 nitrogen and oxygen atoms in total. The van der Waals surface area contributed by atoms with Crippen LogP contribution in [0.5, 0.6) is 0 Å². The van der Waals surface area contributed by atoms with E-state index < -0.39 is 27.4 Å². The van der Waals surface area contributed by atoms with Gasteiger partial charge in [0, 0.05) is 25.3 Å². The molecular weight excluding hydrogens is 309 g/mol. The maximum atomic E-state index is 12.8. The second kappa shape index (κ2) is 7.30. The summed E-state index contributed by atoms with van der Waals surface area (Å²) >= 11 is 0. The van der Waals surface area contributed by atoms with Gasteiger partial charge in [-0.25, -0.2) is 17.1 Å². The van der Waals surface area contributed by atoms with Crippen molar-refractivity contribution in [3.05, 3.63) is 35.6 Å². The number of carbonyl (C=O) groups is 1. The number of hydrogen-bond acceptors (Lipinski definition) is 4. The van der Waals surface area contributed by atoms with Crippen molar-refractivity contribution >= 4 is 15.8 Å². The molecule has 1 aromatic carbocycles. The van der Waals surface area contributed by atoms with Crippen molar-refractivity contribution in [3.8, 4) is 0 Å². The third-order valence-electron chi connectivity index (χ3n) is 3.98. The molecule has 1 N–H and O–H groups in total. The third kappa shape index (κ3) is 4.34. The minimum Gasteiger partial charge on any atom is -0.396 e. The van der Waals surface area contributed by atoms with E-state index in [1.165, 1.54) is 16.4 Å². The van der Waals surface area contributed by atoms with Gasteiger partial charge in [-0.1, -0.05) is 0 Å². The second-order valence-electron chi connectivity index (χ2n) is 5.54. The van der Waals surface area contributed by atoms with Crippen LogP contribution in [-0.2, 0) is 10.0 Å². The van der Waals surface area contributed by atoms with Crippen LogP contribution >= 0.6 is 0 Å². The minimum absolute atomic E-state index is 0.112. The maximum absolute atomic E-state index is 12.8. The van der Waals surface area contributed by atoms with Gasteiger partial charge in [0.05, 0.1) is 0 Å². The number of carbonyl (C=O) groups excluding carboxylic acids is 1. The maximum Gasteiger partial charge on any atom is 0.221 e. The number of halogens is 1. The highest BCUT2D eigenvalue weighted by Gasteiger charge is 2.29. The van der Waals surface area contributed by atoms with Gasteiger partial charge in [0.15, 0.2) is 5.78 Å². The van der Waals surface area contributed by atoms with Gasteiger partial charge in [-0.15, -0.1) is 0 Å². The Morgan fingerprint density at radius 2 is 1.82 bits per heavy atom. The topological polar surface area (TPSA) is 74.7 Å². The van der Waals surface area contributed by atoms with E-state index in [4.69, 9.17) is 5.11 Å². The number of aliphatic hydroxyl groups is 1. The molecule has 0 radical (unpaired) electrons. The quantitative estimate of drug-likeness (QED) is 0.801. The SMILES string of the molecule is O=C(CS(=O)(=O)N1CCC(CCO)CC1)c1ccc(F)cc1. The zero-order valence-corrected chi connectivity index (χ0v) is 13.1. The van der Waals surface area contributed by atoms with E-state index in [1.54, 1.807) is 0 Å². The zero-order valence-electron chi connectivity index (χ0n) is 12.2. The van der Waals surface area contributed by atoms with Crippen LogP contribution in [0.2, 0.25) is 0 Å². The van der Waals surface area contributed by atoms with Crippen molar-refractivity contribution in [2.24, 2.45) is 5.92 Å². The standard InChI is InChI=1S/C15H20FNO4S/c16-14-3-1-13(2-4-14)15(19)11-22(20,21)17-8-5-12(6-9-17)7-10-18/h1-4,12,18H,5-11H2. The number of Topliss-reactive ketones (excluding diaryl/α,β-unsaturated/α-hetero) is 1. The largest absolute Gasteiger partial charge is 0.396 e. The van der Waals surface area contributed by atoms with Gasteiger partial charge in [-0.3, -0.25) is 4.79 Å². The van der Waals surface area contributed by atoms with E-state index in [1.807, 2.05) is 0 Å². The van der Waals surface area contributed by atoms with E-state index in [9.17, 15) is 17.6 Å². The highest BCUT2D eigenvalue weighted by atomic mass is 32.2. The first-order chi connectivity index (χ1) is 10.4. The van der Waals surface area contributed by atoms with Crippen molar-refractivity contribution in [2.75, 3.05) is 25.4 Å². The van der Waals surface area contributed by atoms with Gasteiger partial charge in [-0.2, -0.15) is 0 Å². The molecule has 1 aliphatic rings. The Labute approximate surface area is 129 Å². The Hall–Kier alpha value is -1.31. The van der Waals surface area contributed by atoms with Crippen molar-refractivity contribution in [1.82, 2.24) is 4.31 Å². The molecule has 1 aromatic rings. The first kappa shape index (κ1) is 17.1. The van der Waals surface area contributed by atoms with Crippen LogP contribution in [-0.4, -0.2) is 49.1 Å². The monoisotopic (exact) mass is 329 g/mol. The van der Waals surface area contributed by atoms with Gasteiger partial charge >= 0.3 is 0 Å². The van der Waals surface area contributed by atoms with Crippen LogP contribution in [0.4, 0.5) is 4.39 Å². The van der Waals surface area contributed by atoms with E-state index in [0.717, 1.165) is 12.1 Å². The number of nitrogens with zero attached hydrogens (tertiary/aromatic N) is 1. The number of aliphatic hydroxyl groups excluding tert-OH is 1. The van der Waals surface area contributed by atoms with E-state index in [-0.39, 0.29) is 12.2 Å². The molecule has 1 fully saturated rings. The van der Waals surface area contributed by atoms with Gasteiger partial charge in [-0.05, 0) is 49.4 Å². The molecule has 0 aliphatic carbocycles. The van der Waals surface area contributed by atoms with Crippen molar-refractivity contribution in [3.63, 3.8) is 0 Å². The molecular formula is C15H20FNO4S. The Kier molecular flexibility index (Phi) is 5.66. The lowest BCUT2D eigenvalue weighted by atomic mass is 9.95. The minimum atomic E-state index is -3.65. The van der Waals surface area contributed by atoms with Crippen LogP contribution in [0.15, 0.2) is 24.3 Å². The molecule has 7 heteroatoms. The third-order valence-corrected chi connectivity index (χ3v) is 5.76. The van der Waals surface area contributed by atoms with Gasteiger partial charge in [0.25, 0.3) is 0 Å². The summed E-state index contributed by atoms with van der Waals surface area (Å²) in [6.45, 7) is 0.869. The second-order valence-corrected chi connectivity index (χ2v) is 7.51. The summed E-state index contributed by atoms with van der Waals surface area (Å²) in [5.41, 5.74) is 0.195. The molecule has 0 spiro atoms. The smallest absolute Gasteiger partial charge is 0.221 e. The lowest BCUT2D eigenvalue weighted by Crippen LogP contribution is -2.41. The summed E-state index contributed by atoms with van der Waals surface area (Å²) < 4.78 is 38.7. The predicted octanol–water partition coefficient (Wildman–Crippen LogP) is 1.43. The summed E-state index contributed by atoms with van der Waals surface area (Å²) in [5.74, 6) is -1.25. The highest BCUT2D eigenvalue weighted by molar-refractivity contribution is 7.89. The molecule has 0 saturated carbocycles. The van der Waals surface area contributed by atoms with E-state index >= 15 is 0 Å². The average Bonchev–Trinajstić information content (AvgIpc) is 2.48. The molecule has 22 heavy (non-hydrogen) atoms. The van der Waals surface area contributed by atoms with Gasteiger partial charge < -0.3 is 5.11 Å². The molecule has 2 rings (SSSR count). The fourth-order valence-corrected chi connectivity index (χ4v) is 4.08. The molecule has 0 amide bonds. The summed E-state index contributed by atoms with van der Waals surface area (Å²) in [7, 11) is -3.65. The molecule has 0 aromatic heterocycles. The van der Waals surface area contributed by atoms with Crippen LogP contribution in [0.3, 0.4) is 0 Å². The normalized spacial score (nSPS) is 17.5. The molecule has 1 saturated heterocycles. The summed E-state index contributed by atoms with van der Waals surface area (Å²) in [6, 6.07) is 4.86. The van der Waals surface area contributed by atoms with Crippen molar-refractivity contribution in [2.45, 2.75) is 19.3 Å². The molecule has 0 bridgehead atoms. The van der Waals surface area contributed by atoms with Crippen LogP contribution in [0, 0.1) is 11.7 Å². The zero-order chi connectivity index (χ0) is 16.2. The summed E-state index contributed by atoms with van der Waals surface area (Å²) in [4.78, 5) is 12.0.